The van der Waals surface area contributed by atoms with Crippen LogP contribution in [-0.2, 0) is 22.3 Å². The molecule has 14 heteroatoms. The van der Waals surface area contributed by atoms with Gasteiger partial charge in [0.15, 0.2) is 11.5 Å². The molecule has 1 aliphatic heterocycles. The first kappa shape index (κ1) is 28.4. The molecule has 0 unspecified atom stereocenters. The maximum absolute atomic E-state index is 14.0. The summed E-state index contributed by atoms with van der Waals surface area (Å²) in [6, 6.07) is 20.0. The van der Waals surface area contributed by atoms with E-state index in [4.69, 9.17) is 10.00 Å². The number of aromatic nitrogens is 4. The van der Waals surface area contributed by atoms with Gasteiger partial charge in [-0.3, -0.25) is 4.79 Å². The monoisotopic (exact) mass is 600 g/mol. The number of anilines is 1. The normalized spacial score (nSPS) is 15.5. The molecule has 1 aliphatic rings. The maximum Gasteiger partial charge on any atom is 0.418 e. The number of nitrogens with one attached hydrogen (secondary N) is 2. The number of nitrogens with zero attached hydrogens (tertiary/aromatic N) is 6. The molecule has 1 fully saturated rings. The fraction of sp³-hybridized carbons (Fsp3) is 0.200. The number of halogens is 3. The van der Waals surface area contributed by atoms with Crippen LogP contribution in [0.15, 0.2) is 72.8 Å². The minimum absolute atomic E-state index is 0.0276. The van der Waals surface area contributed by atoms with E-state index in [1.807, 2.05) is 24.3 Å². The highest BCUT2D eigenvalue weighted by molar-refractivity contribution is 5.95. The van der Waals surface area contributed by atoms with Crippen molar-refractivity contribution in [2.75, 3.05) is 25.0 Å². The summed E-state index contributed by atoms with van der Waals surface area (Å²) in [5.74, 6) is -0.508. The third-order valence-electron chi connectivity index (χ3n) is 7.05. The highest BCUT2D eigenvalue weighted by Gasteiger charge is 2.35. The van der Waals surface area contributed by atoms with E-state index in [-0.39, 0.29) is 54.6 Å². The minimum Gasteiger partial charge on any atom is -0.445 e. The van der Waals surface area contributed by atoms with Crippen LogP contribution in [0.3, 0.4) is 0 Å². The summed E-state index contributed by atoms with van der Waals surface area (Å²) in [4.78, 5) is 36.1. The average Bonchev–Trinajstić information content (AvgIpc) is 3.40. The standard InChI is InChI=1S/C30H23F3N8O3/c31-30(32,33)22-8-4-7-21-24(22)37-28(41-26(21)38-25(39-41)20-11-9-18(15-34)10-12-20)36-23-16-40(14-13-35-27(23)42)29(43)44-17-19-5-2-1-3-6-19/h1-12,23H,13-14,16-17H2,(H,35,42)(H,36,37)/t23-/m1/s1. The predicted octanol–water partition coefficient (Wildman–Crippen LogP) is 4.38. The molecule has 3 aromatic carbocycles. The minimum atomic E-state index is -4.73. The SMILES string of the molecule is N#Cc1ccc(-c2nc3c4cccc(C(F)(F)F)c4nc(N[C@@H]4CN(C(=O)OCc5ccccc5)CCNC4=O)n3n2)cc1. The average molecular weight is 601 g/mol. The van der Waals surface area contributed by atoms with Gasteiger partial charge in [0.25, 0.3) is 0 Å². The highest BCUT2D eigenvalue weighted by Crippen LogP contribution is 2.36. The quantitative estimate of drug-likeness (QED) is 0.303. The van der Waals surface area contributed by atoms with Gasteiger partial charge in [-0.05, 0) is 42.0 Å². The molecule has 0 spiro atoms. The van der Waals surface area contributed by atoms with Gasteiger partial charge in [-0.2, -0.15) is 22.9 Å². The zero-order chi connectivity index (χ0) is 30.8. The van der Waals surface area contributed by atoms with Crippen molar-refractivity contribution in [1.29, 1.82) is 5.26 Å². The fourth-order valence-electron chi connectivity index (χ4n) is 4.85. The number of amides is 2. The second-order valence-corrected chi connectivity index (χ2v) is 9.97. The maximum atomic E-state index is 14.0. The van der Waals surface area contributed by atoms with E-state index >= 15 is 0 Å². The van der Waals surface area contributed by atoms with Gasteiger partial charge in [0.1, 0.15) is 12.6 Å². The number of benzene rings is 3. The van der Waals surface area contributed by atoms with Gasteiger partial charge in [0, 0.05) is 24.0 Å². The van der Waals surface area contributed by atoms with Gasteiger partial charge in [0.05, 0.1) is 29.3 Å². The Labute approximate surface area is 247 Å². The molecule has 0 radical (unpaired) electrons. The van der Waals surface area contributed by atoms with Crippen molar-refractivity contribution in [2.24, 2.45) is 0 Å². The van der Waals surface area contributed by atoms with Crippen molar-refractivity contribution in [3.63, 3.8) is 0 Å². The van der Waals surface area contributed by atoms with Crippen LogP contribution in [0.1, 0.15) is 16.7 Å². The molecule has 0 bridgehead atoms. The number of hydrogen-bond acceptors (Lipinski definition) is 8. The molecule has 1 atom stereocenters. The summed E-state index contributed by atoms with van der Waals surface area (Å²) in [5.41, 5.74) is 0.399. The number of ether oxygens (including phenoxy) is 1. The lowest BCUT2D eigenvalue weighted by atomic mass is 10.1. The van der Waals surface area contributed by atoms with E-state index in [0.29, 0.717) is 11.1 Å². The number of para-hydroxylation sites is 1. The first-order chi connectivity index (χ1) is 21.2. The van der Waals surface area contributed by atoms with Crippen LogP contribution < -0.4 is 10.6 Å². The Hall–Kier alpha value is -5.71. The van der Waals surface area contributed by atoms with Crippen LogP contribution in [0.25, 0.3) is 27.9 Å². The lowest BCUT2D eigenvalue weighted by Gasteiger charge is -2.23. The smallest absolute Gasteiger partial charge is 0.418 e. The lowest BCUT2D eigenvalue weighted by molar-refractivity contribution is -0.136. The number of carbonyl (C=O) groups is 2. The van der Waals surface area contributed by atoms with Crippen LogP contribution in [0, 0.1) is 11.3 Å². The van der Waals surface area contributed by atoms with Crippen LogP contribution in [-0.4, -0.2) is 62.2 Å². The third-order valence-corrected chi connectivity index (χ3v) is 7.05. The molecule has 2 aromatic heterocycles. The summed E-state index contributed by atoms with van der Waals surface area (Å²) in [6.07, 6.45) is -5.38. The third kappa shape index (κ3) is 5.67. The molecule has 2 N–H and O–H groups in total. The first-order valence-corrected chi connectivity index (χ1v) is 13.5. The Bertz CT molecular complexity index is 1900. The van der Waals surface area contributed by atoms with Crippen molar-refractivity contribution in [1.82, 2.24) is 29.8 Å². The van der Waals surface area contributed by atoms with Crippen molar-refractivity contribution in [2.45, 2.75) is 18.8 Å². The van der Waals surface area contributed by atoms with E-state index < -0.39 is 29.8 Å². The Morgan fingerprint density at radius 2 is 1.84 bits per heavy atom. The fourth-order valence-corrected chi connectivity index (χ4v) is 4.85. The lowest BCUT2D eigenvalue weighted by Crippen LogP contribution is -2.44. The Morgan fingerprint density at radius 1 is 1.07 bits per heavy atom. The summed E-state index contributed by atoms with van der Waals surface area (Å²) in [6.45, 7) is 0.170. The molecule has 2 amide bonds. The highest BCUT2D eigenvalue weighted by atomic mass is 19.4. The van der Waals surface area contributed by atoms with Gasteiger partial charge in [-0.25, -0.2) is 14.8 Å². The van der Waals surface area contributed by atoms with E-state index in [0.717, 1.165) is 11.6 Å². The molecule has 6 rings (SSSR count). The van der Waals surface area contributed by atoms with Crippen LogP contribution in [0.2, 0.25) is 0 Å². The van der Waals surface area contributed by atoms with Gasteiger partial charge < -0.3 is 20.3 Å². The second-order valence-electron chi connectivity index (χ2n) is 9.97. The number of carbonyl (C=O) groups excluding carboxylic acids is 2. The molecule has 1 saturated heterocycles. The van der Waals surface area contributed by atoms with Crippen molar-refractivity contribution < 1.29 is 27.5 Å². The second kappa shape index (κ2) is 11.5. The number of rotatable bonds is 5. The molecule has 44 heavy (non-hydrogen) atoms. The molecule has 5 aromatic rings. The summed E-state index contributed by atoms with van der Waals surface area (Å²) in [7, 11) is 0. The van der Waals surface area contributed by atoms with Gasteiger partial charge in [-0.1, -0.05) is 36.4 Å². The summed E-state index contributed by atoms with van der Waals surface area (Å²) in [5, 5.41) is 19.3. The predicted molar refractivity (Wildman–Crippen MR) is 152 cm³/mol. The van der Waals surface area contributed by atoms with Crippen LogP contribution >= 0.6 is 0 Å². The van der Waals surface area contributed by atoms with Crippen molar-refractivity contribution >= 4 is 34.5 Å². The summed E-state index contributed by atoms with van der Waals surface area (Å²) < 4.78 is 48.8. The molecular weight excluding hydrogens is 577 g/mol. The van der Waals surface area contributed by atoms with E-state index in [1.54, 1.807) is 36.4 Å². The largest absolute Gasteiger partial charge is 0.445 e. The van der Waals surface area contributed by atoms with E-state index in [2.05, 4.69) is 25.7 Å². The molecule has 0 aliphatic carbocycles. The number of fused-ring (bicyclic) bond motifs is 3. The summed E-state index contributed by atoms with van der Waals surface area (Å²) >= 11 is 0. The van der Waals surface area contributed by atoms with E-state index in [1.165, 1.54) is 21.5 Å². The topological polar surface area (TPSA) is 138 Å². The Balaban J connectivity index is 1.38. The Morgan fingerprint density at radius 3 is 2.57 bits per heavy atom. The molecule has 3 heterocycles. The Kier molecular flexibility index (Phi) is 7.44. The molecule has 11 nitrogen and oxygen atoms in total. The van der Waals surface area contributed by atoms with Crippen molar-refractivity contribution in [3.05, 3.63) is 89.5 Å². The zero-order valence-electron chi connectivity index (χ0n) is 22.9. The molecular formula is C30H23F3N8O3. The first-order valence-electron chi connectivity index (χ1n) is 13.5. The molecule has 222 valence electrons. The zero-order valence-corrected chi connectivity index (χ0v) is 22.9. The van der Waals surface area contributed by atoms with Gasteiger partial charge in [-0.15, -0.1) is 5.10 Å². The van der Waals surface area contributed by atoms with Crippen LogP contribution in [0.4, 0.5) is 23.9 Å². The van der Waals surface area contributed by atoms with E-state index in [9.17, 15) is 22.8 Å². The number of hydrogen-bond donors (Lipinski definition) is 2. The molecule has 0 saturated carbocycles. The van der Waals surface area contributed by atoms with Crippen LogP contribution in [0.5, 0.6) is 0 Å². The van der Waals surface area contributed by atoms with Gasteiger partial charge >= 0.3 is 12.3 Å². The van der Waals surface area contributed by atoms with Crippen molar-refractivity contribution in [3.8, 4) is 17.5 Å². The number of alkyl halides is 3. The van der Waals surface area contributed by atoms with Gasteiger partial charge in [0.2, 0.25) is 11.9 Å². The number of nitriles is 1.